The first-order valence-electron chi connectivity index (χ1n) is 8.75. The maximum Gasteiger partial charge on any atom is 0.349 e. The molecule has 6 nitrogen and oxygen atoms in total. The lowest BCUT2D eigenvalue weighted by molar-refractivity contribution is 0.102. The van der Waals surface area contributed by atoms with E-state index in [2.05, 4.69) is 10.5 Å². The van der Waals surface area contributed by atoms with Crippen molar-refractivity contribution >= 4 is 46.3 Å². The number of amides is 1. The molecule has 0 bridgehead atoms. The van der Waals surface area contributed by atoms with E-state index in [1.807, 2.05) is 36.4 Å². The summed E-state index contributed by atoms with van der Waals surface area (Å²) >= 11 is 5.98. The highest BCUT2D eigenvalue weighted by molar-refractivity contribution is 6.31. The number of aryl methyl sites for hydroxylation is 1. The Balaban J connectivity index is 1.65. The van der Waals surface area contributed by atoms with Crippen LogP contribution < -0.4 is 10.9 Å². The highest BCUT2D eigenvalue weighted by atomic mass is 35.5. The van der Waals surface area contributed by atoms with Crippen LogP contribution in [-0.2, 0) is 0 Å². The van der Waals surface area contributed by atoms with Crippen molar-refractivity contribution in [1.29, 1.82) is 0 Å². The number of carbonyl (C=O) groups excluding carboxylic acids is 1. The van der Waals surface area contributed by atoms with Gasteiger partial charge in [-0.15, -0.1) is 0 Å². The Morgan fingerprint density at radius 3 is 2.69 bits per heavy atom. The molecule has 7 heteroatoms. The molecule has 0 atom stereocenters. The van der Waals surface area contributed by atoms with Crippen LogP contribution in [0.5, 0.6) is 0 Å². The molecular formula is C22H15ClN2O4. The lowest BCUT2D eigenvalue weighted by Gasteiger charge is -2.05. The van der Waals surface area contributed by atoms with Gasteiger partial charge in [0.15, 0.2) is 5.76 Å². The Hall–Kier alpha value is -3.64. The molecule has 0 aliphatic rings. The molecule has 29 heavy (non-hydrogen) atoms. The van der Waals surface area contributed by atoms with Gasteiger partial charge in [0.05, 0.1) is 0 Å². The third kappa shape index (κ3) is 3.97. The van der Waals surface area contributed by atoms with Gasteiger partial charge in [0.1, 0.15) is 22.5 Å². The van der Waals surface area contributed by atoms with Crippen molar-refractivity contribution in [1.82, 2.24) is 5.16 Å². The van der Waals surface area contributed by atoms with E-state index >= 15 is 0 Å². The van der Waals surface area contributed by atoms with Gasteiger partial charge in [-0.05, 0) is 42.8 Å². The van der Waals surface area contributed by atoms with Crippen LogP contribution in [-0.4, -0.2) is 11.1 Å². The van der Waals surface area contributed by atoms with Crippen molar-refractivity contribution in [3.05, 3.63) is 92.6 Å². The molecule has 0 fully saturated rings. The quantitative estimate of drug-likeness (QED) is 0.473. The van der Waals surface area contributed by atoms with Gasteiger partial charge in [-0.1, -0.05) is 53.2 Å². The first-order valence-corrected chi connectivity index (χ1v) is 9.13. The summed E-state index contributed by atoms with van der Waals surface area (Å²) in [4.78, 5) is 25.0. The number of hydrogen-bond donors (Lipinski definition) is 1. The molecule has 0 saturated heterocycles. The van der Waals surface area contributed by atoms with Crippen LogP contribution in [0.4, 0.5) is 5.69 Å². The molecule has 0 unspecified atom stereocenters. The molecule has 0 aliphatic carbocycles. The van der Waals surface area contributed by atoms with Gasteiger partial charge in [-0.25, -0.2) is 4.79 Å². The monoisotopic (exact) mass is 406 g/mol. The third-order valence-corrected chi connectivity index (χ3v) is 4.53. The normalized spacial score (nSPS) is 11.2. The zero-order valence-electron chi connectivity index (χ0n) is 15.3. The fourth-order valence-corrected chi connectivity index (χ4v) is 3.00. The molecule has 0 spiro atoms. The average molecular weight is 407 g/mol. The topological polar surface area (TPSA) is 85.3 Å². The van der Waals surface area contributed by atoms with E-state index in [0.29, 0.717) is 33.1 Å². The van der Waals surface area contributed by atoms with Crippen molar-refractivity contribution in [2.75, 3.05) is 5.32 Å². The number of aromatic nitrogens is 1. The Morgan fingerprint density at radius 1 is 1.10 bits per heavy atom. The number of anilines is 1. The van der Waals surface area contributed by atoms with Crippen molar-refractivity contribution in [2.45, 2.75) is 6.92 Å². The van der Waals surface area contributed by atoms with Crippen molar-refractivity contribution in [3.8, 4) is 0 Å². The highest BCUT2D eigenvalue weighted by Crippen LogP contribution is 2.24. The molecule has 0 aliphatic heterocycles. The maximum absolute atomic E-state index is 12.7. The van der Waals surface area contributed by atoms with Gasteiger partial charge in [-0.2, -0.15) is 0 Å². The summed E-state index contributed by atoms with van der Waals surface area (Å²) in [6.45, 7) is 1.70. The van der Waals surface area contributed by atoms with Crippen molar-refractivity contribution < 1.29 is 13.7 Å². The number of carbonyl (C=O) groups is 1. The van der Waals surface area contributed by atoms with E-state index in [1.54, 1.807) is 31.2 Å². The van der Waals surface area contributed by atoms with Crippen LogP contribution >= 0.6 is 11.6 Å². The third-order valence-electron chi connectivity index (χ3n) is 4.29. The second kappa shape index (κ2) is 7.77. The number of fused-ring (bicyclic) bond motifs is 1. The summed E-state index contributed by atoms with van der Waals surface area (Å²) in [5.41, 5.74) is 1.30. The summed E-state index contributed by atoms with van der Waals surface area (Å²) in [6, 6.07) is 15.9. The molecule has 4 aromatic rings. The number of nitrogens with one attached hydrogen (secondary N) is 1. The van der Waals surface area contributed by atoms with Gasteiger partial charge >= 0.3 is 5.63 Å². The molecule has 144 valence electrons. The summed E-state index contributed by atoms with van der Waals surface area (Å²) < 4.78 is 10.5. The number of rotatable bonds is 4. The lowest BCUT2D eigenvalue weighted by atomic mass is 10.1. The largest absolute Gasteiger partial charge is 0.422 e. The van der Waals surface area contributed by atoms with Gasteiger partial charge in [0.25, 0.3) is 5.91 Å². The predicted molar refractivity (Wildman–Crippen MR) is 112 cm³/mol. The Bertz CT molecular complexity index is 1290. The predicted octanol–water partition coefficient (Wildman–Crippen LogP) is 5.17. The standard InChI is InChI=1S/C22H15ClN2O4/c1-13-20(19(29-25-13)9-7-14-5-3-2-4-6-14)24-21(26)17-12-15-11-16(23)8-10-18(15)28-22(17)27/h2-12H,1H3,(H,24,26)/b9-7+. The molecule has 1 N–H and O–H groups in total. The molecule has 2 aromatic heterocycles. The molecule has 1 amide bonds. The fourth-order valence-electron chi connectivity index (χ4n) is 2.82. The average Bonchev–Trinajstić information content (AvgIpc) is 3.06. The van der Waals surface area contributed by atoms with Gasteiger partial charge in [0, 0.05) is 10.4 Å². The minimum atomic E-state index is -0.743. The van der Waals surface area contributed by atoms with E-state index in [1.165, 1.54) is 6.07 Å². The minimum absolute atomic E-state index is 0.140. The summed E-state index contributed by atoms with van der Waals surface area (Å²) in [7, 11) is 0. The maximum atomic E-state index is 12.7. The molecular weight excluding hydrogens is 392 g/mol. The van der Waals surface area contributed by atoms with Crippen LogP contribution in [0.2, 0.25) is 5.02 Å². The van der Waals surface area contributed by atoms with E-state index in [0.717, 1.165) is 5.56 Å². The summed E-state index contributed by atoms with van der Waals surface area (Å²) in [6.07, 6.45) is 3.54. The fraction of sp³-hybridized carbons (Fsp3) is 0.0455. The first-order chi connectivity index (χ1) is 14.0. The van der Waals surface area contributed by atoms with Crippen LogP contribution in [0.15, 0.2) is 68.3 Å². The zero-order chi connectivity index (χ0) is 20.4. The molecule has 0 radical (unpaired) electrons. The number of benzene rings is 2. The van der Waals surface area contributed by atoms with E-state index in [4.69, 9.17) is 20.5 Å². The number of halogens is 1. The zero-order valence-corrected chi connectivity index (χ0v) is 16.1. The second-order valence-corrected chi connectivity index (χ2v) is 6.77. The van der Waals surface area contributed by atoms with Crippen LogP contribution in [0.3, 0.4) is 0 Å². The minimum Gasteiger partial charge on any atom is -0.422 e. The molecule has 2 heterocycles. The van der Waals surface area contributed by atoms with E-state index < -0.39 is 11.5 Å². The number of nitrogens with zero attached hydrogens (tertiary/aromatic N) is 1. The van der Waals surface area contributed by atoms with E-state index in [-0.39, 0.29) is 5.56 Å². The Labute approximate surface area is 170 Å². The number of hydrogen-bond acceptors (Lipinski definition) is 5. The first kappa shape index (κ1) is 18.7. The van der Waals surface area contributed by atoms with Crippen molar-refractivity contribution in [2.24, 2.45) is 0 Å². The Kier molecular flexibility index (Phi) is 5.01. The lowest BCUT2D eigenvalue weighted by Crippen LogP contribution is -2.21. The Morgan fingerprint density at radius 2 is 1.90 bits per heavy atom. The molecule has 4 rings (SSSR count). The highest BCUT2D eigenvalue weighted by Gasteiger charge is 2.19. The SMILES string of the molecule is Cc1noc(/C=C/c2ccccc2)c1NC(=O)c1cc2cc(Cl)ccc2oc1=O. The van der Waals surface area contributed by atoms with Gasteiger partial charge in [-0.3, -0.25) is 4.79 Å². The van der Waals surface area contributed by atoms with E-state index in [9.17, 15) is 9.59 Å². The van der Waals surface area contributed by atoms with Gasteiger partial charge < -0.3 is 14.3 Å². The molecule has 0 saturated carbocycles. The van der Waals surface area contributed by atoms with Crippen LogP contribution in [0.1, 0.15) is 27.4 Å². The second-order valence-electron chi connectivity index (χ2n) is 6.34. The van der Waals surface area contributed by atoms with Crippen LogP contribution in [0.25, 0.3) is 23.1 Å². The van der Waals surface area contributed by atoms with Crippen molar-refractivity contribution in [3.63, 3.8) is 0 Å². The summed E-state index contributed by atoms with van der Waals surface area (Å²) in [5.74, 6) is -0.255. The van der Waals surface area contributed by atoms with Gasteiger partial charge in [0.2, 0.25) is 0 Å². The summed E-state index contributed by atoms with van der Waals surface area (Å²) in [5, 5.41) is 7.61. The van der Waals surface area contributed by atoms with Crippen LogP contribution in [0, 0.1) is 6.92 Å². The molecule has 2 aromatic carbocycles. The smallest absolute Gasteiger partial charge is 0.349 e.